The van der Waals surface area contributed by atoms with Crippen LogP contribution in [0.1, 0.15) is 25.3 Å². The van der Waals surface area contributed by atoms with E-state index in [1.54, 1.807) is 6.20 Å². The summed E-state index contributed by atoms with van der Waals surface area (Å²) in [5, 5.41) is 9.15. The van der Waals surface area contributed by atoms with Crippen LogP contribution in [0.25, 0.3) is 0 Å². The molecule has 18 heavy (non-hydrogen) atoms. The lowest BCUT2D eigenvalue weighted by molar-refractivity contribution is 0.270. The van der Waals surface area contributed by atoms with E-state index in [1.807, 2.05) is 12.1 Å². The minimum Gasteiger partial charge on any atom is -0.392 e. The zero-order chi connectivity index (χ0) is 13.0. The average Bonchev–Trinajstić information content (AvgIpc) is 2.86. The normalized spacial score (nSPS) is 20.3. The topological polar surface area (TPSA) is 39.6 Å². The van der Waals surface area contributed by atoms with Crippen LogP contribution in [0, 0.1) is 0 Å². The number of hydrogen-bond acceptors (Lipinski definition) is 4. The smallest absolute Gasteiger partial charge is 0.128 e. The molecule has 0 saturated carbocycles. The summed E-state index contributed by atoms with van der Waals surface area (Å²) in [7, 11) is 2.08. The molecule has 100 valence electrons. The molecule has 2 heterocycles. The van der Waals surface area contributed by atoms with Crippen molar-refractivity contribution in [2.45, 2.75) is 32.4 Å². The maximum absolute atomic E-state index is 9.15. The van der Waals surface area contributed by atoms with Gasteiger partial charge in [0.15, 0.2) is 0 Å². The fraction of sp³-hybridized carbons (Fsp3) is 0.643. The molecule has 0 aliphatic carbocycles. The quantitative estimate of drug-likeness (QED) is 0.858. The van der Waals surface area contributed by atoms with Gasteiger partial charge in [0.2, 0.25) is 0 Å². The third-order valence-corrected chi connectivity index (χ3v) is 3.77. The number of anilines is 1. The second kappa shape index (κ2) is 6.16. The number of rotatable bonds is 5. The fourth-order valence-corrected chi connectivity index (χ4v) is 2.70. The molecule has 0 aromatic carbocycles. The number of hydrogen-bond donors (Lipinski definition) is 1. The Labute approximate surface area is 109 Å². The molecule has 1 fully saturated rings. The number of aliphatic hydroxyl groups is 1. The summed E-state index contributed by atoms with van der Waals surface area (Å²) in [6.07, 6.45) is 4.35. The molecule has 1 aromatic heterocycles. The second-order valence-electron chi connectivity index (χ2n) is 4.99. The largest absolute Gasteiger partial charge is 0.392 e. The molecule has 1 atom stereocenters. The Hall–Kier alpha value is -1.13. The molecule has 1 aromatic rings. The van der Waals surface area contributed by atoms with Gasteiger partial charge in [-0.3, -0.25) is 4.90 Å². The van der Waals surface area contributed by atoms with E-state index in [0.29, 0.717) is 6.04 Å². The van der Waals surface area contributed by atoms with Gasteiger partial charge in [-0.1, -0.05) is 6.92 Å². The molecular weight excluding hydrogens is 226 g/mol. The van der Waals surface area contributed by atoms with Gasteiger partial charge in [0.05, 0.1) is 6.61 Å². The van der Waals surface area contributed by atoms with Crippen molar-refractivity contribution in [1.29, 1.82) is 0 Å². The lowest BCUT2D eigenvalue weighted by Crippen LogP contribution is -2.39. The van der Waals surface area contributed by atoms with E-state index < -0.39 is 0 Å². The minimum absolute atomic E-state index is 0.0773. The highest BCUT2D eigenvalue weighted by Crippen LogP contribution is 2.19. The van der Waals surface area contributed by atoms with E-state index in [-0.39, 0.29) is 6.61 Å². The summed E-state index contributed by atoms with van der Waals surface area (Å²) in [5.74, 6) is 0.949. The monoisotopic (exact) mass is 249 g/mol. The van der Waals surface area contributed by atoms with Gasteiger partial charge in [0.25, 0.3) is 0 Å². The number of nitrogens with zero attached hydrogens (tertiary/aromatic N) is 3. The summed E-state index contributed by atoms with van der Waals surface area (Å²) in [6.45, 7) is 5.66. The lowest BCUT2D eigenvalue weighted by atomic mass is 10.2. The highest BCUT2D eigenvalue weighted by atomic mass is 16.3. The third-order valence-electron chi connectivity index (χ3n) is 3.77. The molecule has 0 radical (unpaired) electrons. The van der Waals surface area contributed by atoms with Gasteiger partial charge in [0, 0.05) is 25.8 Å². The van der Waals surface area contributed by atoms with Gasteiger partial charge in [-0.25, -0.2) is 4.98 Å². The van der Waals surface area contributed by atoms with Crippen molar-refractivity contribution in [3.05, 3.63) is 23.9 Å². The number of pyridine rings is 1. The maximum atomic E-state index is 9.15. The van der Waals surface area contributed by atoms with Crippen LogP contribution in [-0.2, 0) is 6.61 Å². The van der Waals surface area contributed by atoms with E-state index in [4.69, 9.17) is 5.11 Å². The van der Waals surface area contributed by atoms with Crippen LogP contribution < -0.4 is 4.90 Å². The molecule has 1 aliphatic heterocycles. The molecule has 1 N–H and O–H groups in total. The highest BCUT2D eigenvalue weighted by molar-refractivity contribution is 5.40. The lowest BCUT2D eigenvalue weighted by Gasteiger charge is -2.28. The van der Waals surface area contributed by atoms with Crippen LogP contribution in [0.15, 0.2) is 18.3 Å². The molecule has 0 bridgehead atoms. The third kappa shape index (κ3) is 3.00. The molecule has 0 amide bonds. The molecule has 4 heteroatoms. The van der Waals surface area contributed by atoms with Crippen LogP contribution in [0.4, 0.5) is 5.82 Å². The van der Waals surface area contributed by atoms with Gasteiger partial charge in [-0.05, 0) is 43.6 Å². The van der Waals surface area contributed by atoms with Crippen molar-refractivity contribution in [2.24, 2.45) is 0 Å². The molecular formula is C14H23N3O. The standard InChI is InChI=1S/C14H23N3O/c1-3-17-8-4-5-13(17)10-16(2)14-9-12(11-18)6-7-15-14/h6-7,9,13,18H,3-5,8,10-11H2,1-2H3. The number of aromatic nitrogens is 1. The second-order valence-corrected chi connectivity index (χ2v) is 4.99. The molecule has 1 unspecified atom stereocenters. The van der Waals surface area contributed by atoms with Crippen LogP contribution in [-0.4, -0.2) is 47.7 Å². The van der Waals surface area contributed by atoms with Crippen LogP contribution in [0.2, 0.25) is 0 Å². The number of likely N-dealkylation sites (N-methyl/N-ethyl adjacent to an activating group) is 2. The Bertz CT molecular complexity index is 383. The van der Waals surface area contributed by atoms with Crippen molar-refractivity contribution in [3.63, 3.8) is 0 Å². The Morgan fingerprint density at radius 2 is 2.39 bits per heavy atom. The Morgan fingerprint density at radius 3 is 3.11 bits per heavy atom. The summed E-state index contributed by atoms with van der Waals surface area (Å²) in [4.78, 5) is 9.10. The first-order valence-corrected chi connectivity index (χ1v) is 6.75. The van der Waals surface area contributed by atoms with Gasteiger partial charge in [-0.2, -0.15) is 0 Å². The summed E-state index contributed by atoms with van der Waals surface area (Å²) >= 11 is 0. The van der Waals surface area contributed by atoms with Crippen LogP contribution >= 0.6 is 0 Å². The van der Waals surface area contributed by atoms with Crippen molar-refractivity contribution < 1.29 is 5.11 Å². The molecule has 2 rings (SSSR count). The maximum Gasteiger partial charge on any atom is 0.128 e. The van der Waals surface area contributed by atoms with E-state index >= 15 is 0 Å². The molecule has 4 nitrogen and oxygen atoms in total. The van der Waals surface area contributed by atoms with E-state index in [1.165, 1.54) is 19.4 Å². The van der Waals surface area contributed by atoms with Gasteiger partial charge >= 0.3 is 0 Å². The van der Waals surface area contributed by atoms with Gasteiger partial charge in [0.1, 0.15) is 5.82 Å². The minimum atomic E-state index is 0.0773. The summed E-state index contributed by atoms with van der Waals surface area (Å²) in [6, 6.07) is 4.45. The fourth-order valence-electron chi connectivity index (χ4n) is 2.70. The zero-order valence-corrected chi connectivity index (χ0v) is 11.3. The van der Waals surface area contributed by atoms with Crippen molar-refractivity contribution in [1.82, 2.24) is 9.88 Å². The predicted octanol–water partition coefficient (Wildman–Crippen LogP) is 1.49. The van der Waals surface area contributed by atoms with Crippen LogP contribution in [0.3, 0.4) is 0 Å². The van der Waals surface area contributed by atoms with Crippen molar-refractivity contribution in [2.75, 3.05) is 31.6 Å². The molecule has 0 spiro atoms. The Morgan fingerprint density at radius 1 is 1.56 bits per heavy atom. The highest BCUT2D eigenvalue weighted by Gasteiger charge is 2.24. The van der Waals surface area contributed by atoms with Crippen molar-refractivity contribution >= 4 is 5.82 Å². The van der Waals surface area contributed by atoms with Crippen LogP contribution in [0.5, 0.6) is 0 Å². The van der Waals surface area contributed by atoms with E-state index in [2.05, 4.69) is 28.8 Å². The van der Waals surface area contributed by atoms with E-state index in [0.717, 1.165) is 24.5 Å². The summed E-state index contributed by atoms with van der Waals surface area (Å²) < 4.78 is 0. The number of aliphatic hydroxyl groups excluding tert-OH is 1. The average molecular weight is 249 g/mol. The van der Waals surface area contributed by atoms with Gasteiger partial charge < -0.3 is 10.0 Å². The number of likely N-dealkylation sites (tertiary alicyclic amines) is 1. The van der Waals surface area contributed by atoms with Crippen molar-refractivity contribution in [3.8, 4) is 0 Å². The van der Waals surface area contributed by atoms with Gasteiger partial charge in [-0.15, -0.1) is 0 Å². The Kier molecular flexibility index (Phi) is 4.55. The SMILES string of the molecule is CCN1CCCC1CN(C)c1cc(CO)ccn1. The first-order valence-electron chi connectivity index (χ1n) is 6.75. The molecule has 1 saturated heterocycles. The zero-order valence-electron chi connectivity index (χ0n) is 11.3. The predicted molar refractivity (Wildman–Crippen MR) is 73.7 cm³/mol. The van der Waals surface area contributed by atoms with E-state index in [9.17, 15) is 0 Å². The molecule has 1 aliphatic rings. The Balaban J connectivity index is 2.00. The first kappa shape index (κ1) is 13.3. The summed E-state index contributed by atoms with van der Waals surface area (Å²) in [5.41, 5.74) is 0.922. The first-order chi connectivity index (χ1) is 8.74.